The van der Waals surface area contributed by atoms with Crippen molar-refractivity contribution >= 4 is 5.57 Å². The fourth-order valence-corrected chi connectivity index (χ4v) is 4.65. The predicted molar refractivity (Wildman–Crippen MR) is 134 cm³/mol. The highest BCUT2D eigenvalue weighted by Crippen LogP contribution is 2.33. The molecule has 0 fully saturated rings. The molecule has 162 valence electrons. The maximum Gasteiger partial charge on any atom is -0.0184 e. The van der Waals surface area contributed by atoms with E-state index in [0.29, 0.717) is 0 Å². The lowest BCUT2D eigenvalue weighted by Crippen LogP contribution is -2.05. The lowest BCUT2D eigenvalue weighted by molar-refractivity contribution is 0.423. The first-order valence-electron chi connectivity index (χ1n) is 12.5. The summed E-state index contributed by atoms with van der Waals surface area (Å²) in [4.78, 5) is 0. The van der Waals surface area contributed by atoms with Crippen molar-refractivity contribution in [3.05, 3.63) is 65.7 Å². The van der Waals surface area contributed by atoms with Crippen LogP contribution in [0.2, 0.25) is 0 Å². The molecule has 2 aromatic rings. The summed E-state index contributed by atoms with van der Waals surface area (Å²) < 4.78 is 0. The third-order valence-corrected chi connectivity index (χ3v) is 6.79. The normalized spacial score (nSPS) is 16.7. The van der Waals surface area contributed by atoms with Crippen molar-refractivity contribution in [3.63, 3.8) is 0 Å². The van der Waals surface area contributed by atoms with Crippen LogP contribution >= 0.6 is 0 Å². The Balaban J connectivity index is 1.51. The first-order chi connectivity index (χ1) is 14.7. The third kappa shape index (κ3) is 7.15. The molecule has 0 spiro atoms. The third-order valence-electron chi connectivity index (χ3n) is 6.79. The van der Waals surface area contributed by atoms with Crippen molar-refractivity contribution < 1.29 is 0 Å². The maximum absolute atomic E-state index is 2.53. The van der Waals surface area contributed by atoms with Crippen LogP contribution in [0, 0.1) is 11.8 Å². The monoisotopic (exact) mass is 402 g/mol. The molecule has 1 unspecified atom stereocenters. The van der Waals surface area contributed by atoms with E-state index in [9.17, 15) is 0 Å². The Labute approximate surface area is 185 Å². The molecule has 0 aromatic heterocycles. The smallest absolute Gasteiger partial charge is 0.0184 e. The van der Waals surface area contributed by atoms with E-state index in [1.165, 1.54) is 92.9 Å². The molecular formula is C30H42. The van der Waals surface area contributed by atoms with Crippen LogP contribution in [0.25, 0.3) is 16.7 Å². The van der Waals surface area contributed by atoms with Crippen LogP contribution < -0.4 is 0 Å². The van der Waals surface area contributed by atoms with E-state index in [1.54, 1.807) is 5.57 Å². The van der Waals surface area contributed by atoms with Gasteiger partial charge in [0.05, 0.1) is 0 Å². The number of aryl methyl sites for hydroxylation is 1. The van der Waals surface area contributed by atoms with Crippen LogP contribution in [0.3, 0.4) is 0 Å². The topological polar surface area (TPSA) is 0 Å². The zero-order valence-corrected chi connectivity index (χ0v) is 19.6. The van der Waals surface area contributed by atoms with Crippen LogP contribution in [0.4, 0.5) is 0 Å². The molecule has 0 aliphatic heterocycles. The van der Waals surface area contributed by atoms with Gasteiger partial charge in [-0.25, -0.2) is 0 Å². The van der Waals surface area contributed by atoms with Gasteiger partial charge in [0.15, 0.2) is 0 Å². The number of hydrogen-bond acceptors (Lipinski definition) is 0. The number of benzene rings is 2. The summed E-state index contributed by atoms with van der Waals surface area (Å²) in [5, 5.41) is 0. The molecule has 2 aromatic carbocycles. The number of allylic oxidation sites excluding steroid dienone is 2. The second-order valence-corrected chi connectivity index (χ2v) is 9.78. The molecule has 0 heterocycles. The Morgan fingerprint density at radius 3 is 2.03 bits per heavy atom. The summed E-state index contributed by atoms with van der Waals surface area (Å²) >= 11 is 0. The molecule has 0 bridgehead atoms. The van der Waals surface area contributed by atoms with Crippen molar-refractivity contribution in [2.24, 2.45) is 11.8 Å². The summed E-state index contributed by atoms with van der Waals surface area (Å²) in [6, 6.07) is 18.5. The van der Waals surface area contributed by atoms with Crippen LogP contribution in [0.1, 0.15) is 96.1 Å². The molecule has 0 amide bonds. The van der Waals surface area contributed by atoms with Gasteiger partial charge >= 0.3 is 0 Å². The molecule has 0 radical (unpaired) electrons. The van der Waals surface area contributed by atoms with E-state index in [1.807, 2.05) is 0 Å². The minimum atomic E-state index is 0.771. The Morgan fingerprint density at radius 2 is 1.43 bits per heavy atom. The number of rotatable bonds is 11. The fraction of sp³-hybridized carbons (Fsp3) is 0.533. The van der Waals surface area contributed by atoms with Crippen LogP contribution in [-0.2, 0) is 6.42 Å². The van der Waals surface area contributed by atoms with Crippen molar-refractivity contribution in [3.8, 4) is 11.1 Å². The summed E-state index contributed by atoms with van der Waals surface area (Å²) in [6.45, 7) is 6.89. The van der Waals surface area contributed by atoms with Crippen molar-refractivity contribution in [2.45, 2.75) is 91.4 Å². The second kappa shape index (κ2) is 12.1. The van der Waals surface area contributed by atoms with E-state index >= 15 is 0 Å². The van der Waals surface area contributed by atoms with Gasteiger partial charge in [0, 0.05) is 0 Å². The lowest BCUT2D eigenvalue weighted by atomic mass is 9.83. The molecule has 1 aliphatic carbocycles. The molecule has 0 saturated carbocycles. The molecule has 0 saturated heterocycles. The van der Waals surface area contributed by atoms with Crippen molar-refractivity contribution in [1.29, 1.82) is 0 Å². The molecule has 0 heteroatoms. The van der Waals surface area contributed by atoms with Gasteiger partial charge in [-0.15, -0.1) is 0 Å². The zero-order valence-electron chi connectivity index (χ0n) is 19.6. The summed E-state index contributed by atoms with van der Waals surface area (Å²) in [5.41, 5.74) is 7.10. The molecule has 3 rings (SSSR count). The minimum absolute atomic E-state index is 0.771. The van der Waals surface area contributed by atoms with E-state index in [0.717, 1.165) is 11.8 Å². The molecule has 1 aliphatic rings. The average molecular weight is 403 g/mol. The van der Waals surface area contributed by atoms with Crippen LogP contribution in [0.5, 0.6) is 0 Å². The highest BCUT2D eigenvalue weighted by molar-refractivity contribution is 5.71. The van der Waals surface area contributed by atoms with E-state index < -0.39 is 0 Å². The zero-order chi connectivity index (χ0) is 21.2. The molecular weight excluding hydrogens is 360 g/mol. The first-order valence-corrected chi connectivity index (χ1v) is 12.5. The van der Waals surface area contributed by atoms with Crippen LogP contribution in [-0.4, -0.2) is 0 Å². The Hall–Kier alpha value is -1.82. The standard InChI is InChI=1S/C30H42/c1-4-5-6-7-8-9-25-12-16-27(17-13-25)29-20-22-30(23-21-29)28-18-14-26(15-19-28)11-10-24(2)3/h14-16,18-25H,4-13,17H2,1-3H3. The van der Waals surface area contributed by atoms with Crippen LogP contribution in [0.15, 0.2) is 54.6 Å². The molecule has 0 N–H and O–H groups in total. The fourth-order valence-electron chi connectivity index (χ4n) is 4.65. The van der Waals surface area contributed by atoms with Crippen molar-refractivity contribution in [1.82, 2.24) is 0 Å². The largest absolute Gasteiger partial charge is 0.0804 e. The van der Waals surface area contributed by atoms with E-state index in [-0.39, 0.29) is 0 Å². The SMILES string of the molecule is CCCCCCCC1CC=C(c2ccc(-c3ccc(CCC(C)C)cc3)cc2)CC1. The highest BCUT2D eigenvalue weighted by atomic mass is 14.2. The van der Waals surface area contributed by atoms with Gasteiger partial charge in [0.25, 0.3) is 0 Å². The van der Waals surface area contributed by atoms with Gasteiger partial charge in [-0.2, -0.15) is 0 Å². The van der Waals surface area contributed by atoms with Gasteiger partial charge in [-0.1, -0.05) is 114 Å². The summed E-state index contributed by atoms with van der Waals surface area (Å²) in [5.74, 6) is 1.69. The minimum Gasteiger partial charge on any atom is -0.0804 e. The van der Waals surface area contributed by atoms with Crippen molar-refractivity contribution in [2.75, 3.05) is 0 Å². The van der Waals surface area contributed by atoms with E-state index in [4.69, 9.17) is 0 Å². The Morgan fingerprint density at radius 1 is 0.800 bits per heavy atom. The number of unbranched alkanes of at least 4 members (excludes halogenated alkanes) is 4. The van der Waals surface area contributed by atoms with Gasteiger partial charge in [-0.05, 0) is 71.8 Å². The van der Waals surface area contributed by atoms with Gasteiger partial charge in [-0.3, -0.25) is 0 Å². The second-order valence-electron chi connectivity index (χ2n) is 9.78. The quantitative estimate of drug-likeness (QED) is 0.328. The van der Waals surface area contributed by atoms with E-state index in [2.05, 4.69) is 75.4 Å². The summed E-state index contributed by atoms with van der Waals surface area (Å²) in [7, 11) is 0. The highest BCUT2D eigenvalue weighted by Gasteiger charge is 2.15. The van der Waals surface area contributed by atoms with Gasteiger partial charge in [0.1, 0.15) is 0 Å². The van der Waals surface area contributed by atoms with Gasteiger partial charge < -0.3 is 0 Å². The lowest BCUT2D eigenvalue weighted by Gasteiger charge is -2.22. The molecule has 30 heavy (non-hydrogen) atoms. The Bertz CT molecular complexity index is 761. The first kappa shape index (κ1) is 22.9. The molecule has 0 nitrogen and oxygen atoms in total. The summed E-state index contributed by atoms with van der Waals surface area (Å²) in [6.07, 6.45) is 17.4. The maximum atomic E-state index is 2.53. The molecule has 1 atom stereocenters. The van der Waals surface area contributed by atoms with Gasteiger partial charge in [0.2, 0.25) is 0 Å². The number of hydrogen-bond donors (Lipinski definition) is 0. The Kier molecular flexibility index (Phi) is 9.25. The average Bonchev–Trinajstić information content (AvgIpc) is 2.78. The predicted octanol–water partition coefficient (Wildman–Crippen LogP) is 9.49.